The summed E-state index contributed by atoms with van der Waals surface area (Å²) in [6.07, 6.45) is 1.46. The molecule has 0 bridgehead atoms. The number of hydrogen-bond donors (Lipinski definition) is 1. The Kier molecular flexibility index (Phi) is 10.2. The summed E-state index contributed by atoms with van der Waals surface area (Å²) in [6, 6.07) is 11.5. The monoisotopic (exact) mass is 521 g/mol. The van der Waals surface area contributed by atoms with E-state index in [1.807, 2.05) is 40.7 Å². The van der Waals surface area contributed by atoms with E-state index in [-0.39, 0.29) is 18.4 Å². The second-order valence-electron chi connectivity index (χ2n) is 9.25. The van der Waals surface area contributed by atoms with E-state index in [1.54, 1.807) is 36.4 Å². The Bertz CT molecular complexity index is 1130. The molecule has 1 atom stereocenters. The van der Waals surface area contributed by atoms with Gasteiger partial charge in [-0.25, -0.2) is 8.42 Å². The molecule has 35 heavy (non-hydrogen) atoms. The van der Waals surface area contributed by atoms with Gasteiger partial charge in [-0.2, -0.15) is 0 Å². The number of hydrogen-bond acceptors (Lipinski definition) is 4. The molecule has 2 aromatic rings. The Morgan fingerprint density at radius 1 is 1.03 bits per heavy atom. The summed E-state index contributed by atoms with van der Waals surface area (Å²) < 4.78 is 26.5. The second kappa shape index (κ2) is 12.4. The molecule has 0 aliphatic carbocycles. The van der Waals surface area contributed by atoms with E-state index in [0.717, 1.165) is 27.3 Å². The number of benzene rings is 2. The molecule has 0 saturated carbocycles. The number of carbonyl (C=O) groups excluding carboxylic acids is 2. The molecule has 0 aliphatic heterocycles. The van der Waals surface area contributed by atoms with Crippen LogP contribution in [0.3, 0.4) is 0 Å². The molecule has 2 amide bonds. The van der Waals surface area contributed by atoms with Gasteiger partial charge in [-0.15, -0.1) is 0 Å². The number of carbonyl (C=O) groups is 2. The number of nitrogens with one attached hydrogen (secondary N) is 1. The summed E-state index contributed by atoms with van der Waals surface area (Å²) in [5.41, 5.74) is 3.13. The maximum absolute atomic E-state index is 13.7. The highest BCUT2D eigenvalue weighted by atomic mass is 35.5. The number of aryl methyl sites for hydroxylation is 2. The lowest BCUT2D eigenvalue weighted by molar-refractivity contribution is -0.140. The van der Waals surface area contributed by atoms with Crippen LogP contribution in [0.5, 0.6) is 0 Å². The predicted molar refractivity (Wildman–Crippen MR) is 142 cm³/mol. The van der Waals surface area contributed by atoms with E-state index in [1.165, 1.54) is 4.90 Å². The summed E-state index contributed by atoms with van der Waals surface area (Å²) in [7, 11) is -3.76. The van der Waals surface area contributed by atoms with Crippen molar-refractivity contribution in [2.45, 2.75) is 53.6 Å². The maximum Gasteiger partial charge on any atom is 0.244 e. The van der Waals surface area contributed by atoms with Crippen LogP contribution in [-0.4, -0.2) is 50.5 Å². The molecule has 7 nitrogen and oxygen atoms in total. The first-order chi connectivity index (χ1) is 16.3. The fourth-order valence-corrected chi connectivity index (χ4v) is 4.59. The molecular formula is C26H36ClN3O4S. The minimum absolute atomic E-state index is 0.147. The quantitative estimate of drug-likeness (QED) is 0.477. The van der Waals surface area contributed by atoms with Crippen molar-refractivity contribution in [1.29, 1.82) is 0 Å². The first-order valence-electron chi connectivity index (χ1n) is 11.7. The normalized spacial score (nSPS) is 12.3. The Hall–Kier alpha value is -2.58. The van der Waals surface area contributed by atoms with Crippen molar-refractivity contribution in [2.75, 3.05) is 23.7 Å². The zero-order chi connectivity index (χ0) is 26.3. The first kappa shape index (κ1) is 28.7. The van der Waals surface area contributed by atoms with Crippen molar-refractivity contribution in [3.05, 3.63) is 64.2 Å². The van der Waals surface area contributed by atoms with E-state index in [2.05, 4.69) is 5.32 Å². The standard InChI is InChI=1S/C26H36ClN3O4S/c1-7-24(26(32)28-15-18(2)3)29(16-21-9-11-22(27)12-10-21)25(31)17-30(35(6,33)34)23-13-8-19(4)20(5)14-23/h8-14,18,24H,7,15-17H2,1-6H3,(H,28,32)/t24-/m1/s1. The molecule has 0 saturated heterocycles. The Morgan fingerprint density at radius 2 is 1.66 bits per heavy atom. The molecule has 0 aromatic heterocycles. The fraction of sp³-hybridized carbons (Fsp3) is 0.462. The van der Waals surface area contributed by atoms with Crippen LogP contribution in [0.2, 0.25) is 5.02 Å². The van der Waals surface area contributed by atoms with Gasteiger partial charge in [0.25, 0.3) is 0 Å². The molecule has 9 heteroatoms. The zero-order valence-electron chi connectivity index (χ0n) is 21.3. The third-order valence-corrected chi connectivity index (χ3v) is 7.19. The van der Waals surface area contributed by atoms with E-state index in [9.17, 15) is 18.0 Å². The molecule has 0 aliphatic rings. The van der Waals surface area contributed by atoms with Gasteiger partial charge in [-0.3, -0.25) is 13.9 Å². The van der Waals surface area contributed by atoms with Gasteiger partial charge in [0.15, 0.2) is 0 Å². The highest BCUT2D eigenvalue weighted by molar-refractivity contribution is 7.92. The molecule has 1 N–H and O–H groups in total. The third kappa shape index (κ3) is 8.25. The van der Waals surface area contributed by atoms with E-state index >= 15 is 0 Å². The Labute approximate surface area is 214 Å². The number of amides is 2. The van der Waals surface area contributed by atoms with Gasteiger partial charge in [-0.05, 0) is 67.1 Å². The van der Waals surface area contributed by atoms with Gasteiger partial charge in [-0.1, -0.05) is 50.6 Å². The number of rotatable bonds is 11. The van der Waals surface area contributed by atoms with Crippen molar-refractivity contribution < 1.29 is 18.0 Å². The van der Waals surface area contributed by atoms with Gasteiger partial charge in [0.05, 0.1) is 11.9 Å². The van der Waals surface area contributed by atoms with E-state index in [0.29, 0.717) is 23.7 Å². The van der Waals surface area contributed by atoms with Crippen molar-refractivity contribution in [3.8, 4) is 0 Å². The zero-order valence-corrected chi connectivity index (χ0v) is 22.9. The largest absolute Gasteiger partial charge is 0.354 e. The van der Waals surface area contributed by atoms with Crippen molar-refractivity contribution in [3.63, 3.8) is 0 Å². The molecule has 192 valence electrons. The lowest BCUT2D eigenvalue weighted by atomic mass is 10.1. The molecule has 0 radical (unpaired) electrons. The van der Waals surface area contributed by atoms with E-state index in [4.69, 9.17) is 11.6 Å². The summed E-state index contributed by atoms with van der Waals surface area (Å²) in [5, 5.41) is 3.47. The molecular weight excluding hydrogens is 486 g/mol. The number of sulfonamides is 1. The van der Waals surface area contributed by atoms with Gasteiger partial charge in [0.1, 0.15) is 12.6 Å². The van der Waals surface area contributed by atoms with Crippen molar-refractivity contribution >= 4 is 39.1 Å². The topological polar surface area (TPSA) is 86.8 Å². The SMILES string of the molecule is CC[C@H](C(=O)NCC(C)C)N(Cc1ccc(Cl)cc1)C(=O)CN(c1ccc(C)c(C)c1)S(C)(=O)=O. The average Bonchev–Trinajstić information content (AvgIpc) is 2.78. The second-order valence-corrected chi connectivity index (χ2v) is 11.6. The van der Waals surface area contributed by atoms with E-state index < -0.39 is 28.5 Å². The van der Waals surface area contributed by atoms with Gasteiger partial charge >= 0.3 is 0 Å². The molecule has 0 spiro atoms. The molecule has 0 heterocycles. The summed E-state index contributed by atoms with van der Waals surface area (Å²) in [4.78, 5) is 28.2. The predicted octanol–water partition coefficient (Wildman–Crippen LogP) is 4.30. The van der Waals surface area contributed by atoms with Crippen LogP contribution in [0.25, 0.3) is 0 Å². The molecule has 2 rings (SSSR count). The molecule has 0 unspecified atom stereocenters. The minimum atomic E-state index is -3.76. The van der Waals surface area contributed by atoms with Crippen LogP contribution in [0.1, 0.15) is 43.9 Å². The number of nitrogens with zero attached hydrogens (tertiary/aromatic N) is 2. The summed E-state index contributed by atoms with van der Waals surface area (Å²) in [6.45, 7) is 9.86. The Balaban J connectivity index is 2.43. The van der Waals surface area contributed by atoms with Crippen LogP contribution in [0.15, 0.2) is 42.5 Å². The van der Waals surface area contributed by atoms with Crippen LogP contribution < -0.4 is 9.62 Å². The van der Waals surface area contributed by atoms with Crippen LogP contribution >= 0.6 is 11.6 Å². The first-order valence-corrected chi connectivity index (χ1v) is 13.9. The Morgan fingerprint density at radius 3 is 2.17 bits per heavy atom. The molecule has 0 fully saturated rings. The summed E-state index contributed by atoms with van der Waals surface area (Å²) in [5.74, 6) is -0.474. The maximum atomic E-state index is 13.7. The highest BCUT2D eigenvalue weighted by Crippen LogP contribution is 2.23. The smallest absolute Gasteiger partial charge is 0.244 e. The van der Waals surface area contributed by atoms with Gasteiger partial charge < -0.3 is 10.2 Å². The van der Waals surface area contributed by atoms with Crippen molar-refractivity contribution in [1.82, 2.24) is 10.2 Å². The summed E-state index contributed by atoms with van der Waals surface area (Å²) >= 11 is 6.01. The van der Waals surface area contributed by atoms with Crippen LogP contribution in [0.4, 0.5) is 5.69 Å². The number of halogens is 1. The highest BCUT2D eigenvalue weighted by Gasteiger charge is 2.31. The van der Waals surface area contributed by atoms with Crippen LogP contribution in [0, 0.1) is 19.8 Å². The fourth-order valence-electron chi connectivity index (χ4n) is 3.62. The average molecular weight is 522 g/mol. The van der Waals surface area contributed by atoms with Crippen molar-refractivity contribution in [2.24, 2.45) is 5.92 Å². The number of anilines is 1. The lowest BCUT2D eigenvalue weighted by Crippen LogP contribution is -2.52. The third-order valence-electron chi connectivity index (χ3n) is 5.79. The van der Waals surface area contributed by atoms with Gasteiger partial charge in [0.2, 0.25) is 21.8 Å². The van der Waals surface area contributed by atoms with Gasteiger partial charge in [0, 0.05) is 18.1 Å². The van der Waals surface area contributed by atoms with Crippen LogP contribution in [-0.2, 0) is 26.2 Å². The molecule has 2 aromatic carbocycles. The lowest BCUT2D eigenvalue weighted by Gasteiger charge is -2.33. The minimum Gasteiger partial charge on any atom is -0.354 e.